The Hall–Kier alpha value is -1.53. The summed E-state index contributed by atoms with van der Waals surface area (Å²) < 4.78 is 5.22. The summed E-state index contributed by atoms with van der Waals surface area (Å²) in [5.41, 5.74) is 0.899. The number of rotatable bonds is 5. The van der Waals surface area contributed by atoms with Crippen LogP contribution in [0.3, 0.4) is 0 Å². The molecule has 3 nitrogen and oxygen atoms in total. The van der Waals surface area contributed by atoms with Crippen molar-refractivity contribution in [2.24, 2.45) is 0 Å². The number of hydrogen-bond acceptors (Lipinski definition) is 3. The first kappa shape index (κ1) is 11.5. The number of nitrogens with zero attached hydrogens (tertiary/aromatic N) is 1. The topological polar surface area (TPSA) is 45.0 Å². The maximum Gasteiger partial charge on any atom is 0.124 e. The Morgan fingerprint density at radius 2 is 2.20 bits per heavy atom. The predicted molar refractivity (Wildman–Crippen MR) is 59.6 cm³/mol. The van der Waals surface area contributed by atoms with Gasteiger partial charge in [-0.05, 0) is 19.0 Å². The molecule has 0 fully saturated rings. The fraction of sp³-hybridized carbons (Fsp3) is 0.417. The second-order valence-corrected chi connectivity index (χ2v) is 3.26. The Bertz CT molecular complexity index is 344. The molecule has 1 rings (SSSR count). The molecule has 0 aromatic heterocycles. The molecule has 0 heterocycles. The minimum absolute atomic E-state index is 0.291. The molecule has 0 radical (unpaired) electrons. The summed E-state index contributed by atoms with van der Waals surface area (Å²) in [6.07, 6.45) is 1.01. The first-order valence-corrected chi connectivity index (χ1v) is 5.09. The van der Waals surface area contributed by atoms with Crippen LogP contribution in [0.5, 0.6) is 5.75 Å². The third-order valence-corrected chi connectivity index (χ3v) is 2.18. The fourth-order valence-electron chi connectivity index (χ4n) is 1.42. The number of nitriles is 1. The van der Waals surface area contributed by atoms with Crippen molar-refractivity contribution >= 4 is 0 Å². The van der Waals surface area contributed by atoms with Crippen LogP contribution in [0.25, 0.3) is 0 Å². The van der Waals surface area contributed by atoms with E-state index >= 15 is 0 Å². The molecule has 0 spiro atoms. The summed E-state index contributed by atoms with van der Waals surface area (Å²) in [4.78, 5) is 0. The average molecular weight is 204 g/mol. The van der Waals surface area contributed by atoms with Crippen LogP contribution in [-0.4, -0.2) is 13.7 Å². The van der Waals surface area contributed by atoms with Crippen LogP contribution in [0, 0.1) is 11.3 Å². The van der Waals surface area contributed by atoms with Gasteiger partial charge in [0.1, 0.15) is 11.8 Å². The summed E-state index contributed by atoms with van der Waals surface area (Å²) in [6.45, 7) is 2.90. The van der Waals surface area contributed by atoms with Crippen LogP contribution in [0.1, 0.15) is 24.9 Å². The third kappa shape index (κ3) is 2.97. The summed E-state index contributed by atoms with van der Waals surface area (Å²) >= 11 is 0. The van der Waals surface area contributed by atoms with E-state index in [9.17, 15) is 0 Å². The lowest BCUT2D eigenvalue weighted by molar-refractivity contribution is 0.405. The van der Waals surface area contributed by atoms with Crippen molar-refractivity contribution in [2.75, 3.05) is 13.7 Å². The first-order chi connectivity index (χ1) is 7.33. The Balaban J connectivity index is 2.86. The lowest BCUT2D eigenvalue weighted by Gasteiger charge is -2.14. The quantitative estimate of drug-likeness (QED) is 0.800. The van der Waals surface area contributed by atoms with Crippen molar-refractivity contribution in [3.8, 4) is 11.8 Å². The van der Waals surface area contributed by atoms with Crippen LogP contribution < -0.4 is 10.1 Å². The van der Waals surface area contributed by atoms with Crippen LogP contribution in [-0.2, 0) is 0 Å². The normalized spacial score (nSPS) is 11.8. The van der Waals surface area contributed by atoms with Gasteiger partial charge in [0.2, 0.25) is 0 Å². The van der Waals surface area contributed by atoms with E-state index in [-0.39, 0.29) is 6.04 Å². The van der Waals surface area contributed by atoms with Crippen LogP contribution in [0.4, 0.5) is 0 Å². The van der Waals surface area contributed by atoms with Crippen LogP contribution in [0.2, 0.25) is 0 Å². The van der Waals surface area contributed by atoms with Crippen LogP contribution >= 0.6 is 0 Å². The second kappa shape index (κ2) is 6.05. The number of methoxy groups -OCH3 is 1. The van der Waals surface area contributed by atoms with Gasteiger partial charge in [-0.3, -0.25) is 5.32 Å². The van der Waals surface area contributed by atoms with Crippen molar-refractivity contribution < 1.29 is 4.74 Å². The molecule has 1 aromatic carbocycles. The Morgan fingerprint density at radius 1 is 1.47 bits per heavy atom. The van der Waals surface area contributed by atoms with Gasteiger partial charge in [-0.25, -0.2) is 0 Å². The number of benzene rings is 1. The van der Waals surface area contributed by atoms with Crippen molar-refractivity contribution in [3.63, 3.8) is 0 Å². The highest BCUT2D eigenvalue weighted by Gasteiger charge is 2.13. The van der Waals surface area contributed by atoms with E-state index < -0.39 is 0 Å². The molecule has 0 amide bonds. The molecule has 1 unspecified atom stereocenters. The molecular formula is C12H16N2O. The van der Waals surface area contributed by atoms with Crippen molar-refractivity contribution in [2.45, 2.75) is 19.4 Å². The average Bonchev–Trinajstić information content (AvgIpc) is 2.30. The molecule has 1 N–H and O–H groups in total. The zero-order valence-electron chi connectivity index (χ0n) is 9.16. The van der Waals surface area contributed by atoms with Crippen molar-refractivity contribution in [1.29, 1.82) is 5.26 Å². The number of nitrogens with one attached hydrogen (secondary N) is 1. The van der Waals surface area contributed by atoms with Gasteiger partial charge >= 0.3 is 0 Å². The zero-order chi connectivity index (χ0) is 11.1. The summed E-state index contributed by atoms with van der Waals surface area (Å²) in [7, 11) is 1.62. The van der Waals surface area contributed by atoms with Gasteiger partial charge < -0.3 is 4.74 Å². The Morgan fingerprint density at radius 3 is 2.80 bits per heavy atom. The van der Waals surface area contributed by atoms with Crippen molar-refractivity contribution in [1.82, 2.24) is 5.32 Å². The maximum atomic E-state index is 9.06. The molecule has 15 heavy (non-hydrogen) atoms. The molecule has 0 saturated carbocycles. The summed E-state index contributed by atoms with van der Waals surface area (Å²) in [5, 5.41) is 12.2. The van der Waals surface area contributed by atoms with E-state index in [2.05, 4.69) is 18.3 Å². The van der Waals surface area contributed by atoms with E-state index in [4.69, 9.17) is 10.00 Å². The Labute approximate surface area is 90.7 Å². The number of para-hydroxylation sites is 1. The summed E-state index contributed by atoms with van der Waals surface area (Å²) in [6, 6.07) is 9.54. The summed E-state index contributed by atoms with van der Waals surface area (Å²) in [5.74, 6) is 0.757. The Kier molecular flexibility index (Phi) is 4.65. The molecular weight excluding hydrogens is 188 g/mol. The molecule has 1 aromatic rings. The highest BCUT2D eigenvalue weighted by molar-refractivity contribution is 5.38. The molecule has 0 bridgehead atoms. The van der Waals surface area contributed by atoms with Gasteiger partial charge in [0.05, 0.1) is 13.2 Å². The minimum atomic E-state index is -0.291. The number of hydrogen-bond donors (Lipinski definition) is 1. The van der Waals surface area contributed by atoms with Gasteiger partial charge in [0.25, 0.3) is 0 Å². The van der Waals surface area contributed by atoms with Crippen LogP contribution in [0.15, 0.2) is 24.3 Å². The molecule has 80 valence electrons. The predicted octanol–water partition coefficient (Wildman–Crippen LogP) is 2.26. The lowest BCUT2D eigenvalue weighted by Crippen LogP contribution is -2.21. The van der Waals surface area contributed by atoms with Gasteiger partial charge in [-0.2, -0.15) is 5.26 Å². The smallest absolute Gasteiger partial charge is 0.124 e. The molecule has 0 aliphatic heterocycles. The first-order valence-electron chi connectivity index (χ1n) is 5.09. The fourth-order valence-corrected chi connectivity index (χ4v) is 1.42. The van der Waals surface area contributed by atoms with E-state index in [1.807, 2.05) is 24.3 Å². The van der Waals surface area contributed by atoms with E-state index in [0.717, 1.165) is 24.3 Å². The highest BCUT2D eigenvalue weighted by Crippen LogP contribution is 2.23. The SMILES string of the molecule is CCCNC(C#N)c1ccccc1OC. The van der Waals surface area contributed by atoms with Gasteiger partial charge in [0, 0.05) is 5.56 Å². The van der Waals surface area contributed by atoms with E-state index in [1.54, 1.807) is 7.11 Å². The highest BCUT2D eigenvalue weighted by atomic mass is 16.5. The molecule has 0 aliphatic rings. The van der Waals surface area contributed by atoms with E-state index in [0.29, 0.717) is 0 Å². The third-order valence-electron chi connectivity index (χ3n) is 2.18. The maximum absolute atomic E-state index is 9.06. The zero-order valence-corrected chi connectivity index (χ0v) is 9.16. The molecule has 0 aliphatic carbocycles. The van der Waals surface area contributed by atoms with Gasteiger partial charge in [0.15, 0.2) is 0 Å². The standard InChI is InChI=1S/C12H16N2O/c1-3-8-14-11(9-13)10-6-4-5-7-12(10)15-2/h4-7,11,14H,3,8H2,1-2H3. The molecule has 0 saturated heterocycles. The van der Waals surface area contributed by atoms with Crippen molar-refractivity contribution in [3.05, 3.63) is 29.8 Å². The minimum Gasteiger partial charge on any atom is -0.496 e. The molecule has 3 heteroatoms. The van der Waals surface area contributed by atoms with E-state index in [1.165, 1.54) is 0 Å². The van der Waals surface area contributed by atoms with Gasteiger partial charge in [-0.15, -0.1) is 0 Å². The second-order valence-electron chi connectivity index (χ2n) is 3.26. The largest absolute Gasteiger partial charge is 0.496 e. The monoisotopic (exact) mass is 204 g/mol. The number of ether oxygens (including phenoxy) is 1. The van der Waals surface area contributed by atoms with Gasteiger partial charge in [-0.1, -0.05) is 25.1 Å². The molecule has 1 atom stereocenters. The lowest BCUT2D eigenvalue weighted by atomic mass is 10.1.